The minimum atomic E-state index is -0.916. The van der Waals surface area contributed by atoms with Crippen molar-refractivity contribution in [2.45, 2.75) is 19.1 Å². The van der Waals surface area contributed by atoms with Crippen LogP contribution in [0.5, 0.6) is 17.4 Å². The number of amides is 2. The SMILES string of the molecule is COc1ccc([C@H]2NC(=O)CO[C@@H]2C(=O)NCCOc2nonc2C)cc1OC. The molecule has 2 N–H and O–H groups in total. The van der Waals surface area contributed by atoms with Gasteiger partial charge in [0.2, 0.25) is 5.91 Å². The molecule has 1 aromatic heterocycles. The molecule has 1 aliphatic rings. The van der Waals surface area contributed by atoms with Crippen LogP contribution in [0, 0.1) is 6.92 Å². The van der Waals surface area contributed by atoms with Gasteiger partial charge in [0.05, 0.1) is 26.8 Å². The lowest BCUT2D eigenvalue weighted by molar-refractivity contribution is -0.148. The molecular weight excluding hydrogens is 384 g/mol. The third-order valence-electron chi connectivity index (χ3n) is 4.29. The summed E-state index contributed by atoms with van der Waals surface area (Å²) in [5.74, 6) is 0.585. The summed E-state index contributed by atoms with van der Waals surface area (Å²) in [5.41, 5.74) is 1.17. The van der Waals surface area contributed by atoms with Gasteiger partial charge in [0.15, 0.2) is 17.6 Å². The molecule has 3 rings (SSSR count). The van der Waals surface area contributed by atoms with Gasteiger partial charge in [-0.05, 0) is 29.8 Å². The Morgan fingerprint density at radius 3 is 2.76 bits per heavy atom. The number of methoxy groups -OCH3 is 2. The highest BCUT2D eigenvalue weighted by molar-refractivity contribution is 5.86. The lowest BCUT2D eigenvalue weighted by atomic mass is 9.98. The summed E-state index contributed by atoms with van der Waals surface area (Å²) in [4.78, 5) is 24.5. The number of aromatic nitrogens is 2. The number of benzene rings is 1. The van der Waals surface area contributed by atoms with Gasteiger partial charge in [-0.3, -0.25) is 9.59 Å². The third-order valence-corrected chi connectivity index (χ3v) is 4.29. The molecule has 11 heteroatoms. The van der Waals surface area contributed by atoms with Gasteiger partial charge in [-0.15, -0.1) is 0 Å². The van der Waals surface area contributed by atoms with E-state index < -0.39 is 12.1 Å². The molecule has 29 heavy (non-hydrogen) atoms. The van der Waals surface area contributed by atoms with E-state index in [9.17, 15) is 9.59 Å². The van der Waals surface area contributed by atoms with Gasteiger partial charge in [0.1, 0.15) is 18.9 Å². The van der Waals surface area contributed by atoms with Crippen LogP contribution in [0.4, 0.5) is 0 Å². The van der Waals surface area contributed by atoms with Crippen LogP contribution in [-0.2, 0) is 14.3 Å². The van der Waals surface area contributed by atoms with Gasteiger partial charge in [-0.25, -0.2) is 4.63 Å². The lowest BCUT2D eigenvalue weighted by Gasteiger charge is -2.32. The second-order valence-electron chi connectivity index (χ2n) is 6.19. The van der Waals surface area contributed by atoms with E-state index in [1.165, 1.54) is 14.2 Å². The normalized spacial score (nSPS) is 18.7. The van der Waals surface area contributed by atoms with E-state index in [4.69, 9.17) is 18.9 Å². The number of hydrogen-bond acceptors (Lipinski definition) is 9. The number of ether oxygens (including phenoxy) is 4. The van der Waals surface area contributed by atoms with E-state index in [1.54, 1.807) is 25.1 Å². The Morgan fingerprint density at radius 2 is 2.07 bits per heavy atom. The van der Waals surface area contributed by atoms with Crippen LogP contribution in [-0.4, -0.2) is 62.2 Å². The molecule has 0 spiro atoms. The van der Waals surface area contributed by atoms with Crippen molar-refractivity contribution in [2.75, 3.05) is 34.0 Å². The van der Waals surface area contributed by atoms with Crippen molar-refractivity contribution in [2.24, 2.45) is 0 Å². The number of hydrogen-bond donors (Lipinski definition) is 2. The van der Waals surface area contributed by atoms with Crippen molar-refractivity contribution in [3.05, 3.63) is 29.5 Å². The van der Waals surface area contributed by atoms with Gasteiger partial charge in [-0.2, -0.15) is 0 Å². The molecule has 2 amide bonds. The van der Waals surface area contributed by atoms with Crippen LogP contribution < -0.4 is 24.8 Å². The Morgan fingerprint density at radius 1 is 1.28 bits per heavy atom. The fourth-order valence-corrected chi connectivity index (χ4v) is 2.86. The Balaban J connectivity index is 1.65. The van der Waals surface area contributed by atoms with Crippen LogP contribution >= 0.6 is 0 Å². The highest BCUT2D eigenvalue weighted by Gasteiger charge is 2.36. The number of carbonyl (C=O) groups excluding carboxylic acids is 2. The minimum absolute atomic E-state index is 0.168. The minimum Gasteiger partial charge on any atom is -0.493 e. The number of rotatable bonds is 8. The first-order chi connectivity index (χ1) is 14.0. The molecule has 0 bridgehead atoms. The summed E-state index contributed by atoms with van der Waals surface area (Å²) < 4.78 is 25.9. The molecule has 0 unspecified atom stereocenters. The smallest absolute Gasteiger partial charge is 0.278 e. The summed E-state index contributed by atoms with van der Waals surface area (Å²) >= 11 is 0. The summed E-state index contributed by atoms with van der Waals surface area (Å²) in [5, 5.41) is 12.7. The molecule has 2 atom stereocenters. The maximum absolute atomic E-state index is 12.6. The quantitative estimate of drug-likeness (QED) is 0.587. The fraction of sp³-hybridized carbons (Fsp3) is 0.444. The average Bonchev–Trinajstić information content (AvgIpc) is 3.15. The molecule has 0 radical (unpaired) electrons. The van der Waals surface area contributed by atoms with Gasteiger partial charge in [-0.1, -0.05) is 11.2 Å². The van der Waals surface area contributed by atoms with E-state index in [0.717, 1.165) is 0 Å². The highest BCUT2D eigenvalue weighted by Crippen LogP contribution is 2.32. The molecule has 11 nitrogen and oxygen atoms in total. The van der Waals surface area contributed by atoms with Crippen LogP contribution in [0.2, 0.25) is 0 Å². The topological polar surface area (TPSA) is 134 Å². The van der Waals surface area contributed by atoms with E-state index in [0.29, 0.717) is 22.8 Å². The number of carbonyl (C=O) groups is 2. The van der Waals surface area contributed by atoms with Gasteiger partial charge in [0.25, 0.3) is 11.8 Å². The van der Waals surface area contributed by atoms with E-state index in [-0.39, 0.29) is 37.5 Å². The zero-order valence-electron chi connectivity index (χ0n) is 16.3. The summed E-state index contributed by atoms with van der Waals surface area (Å²) in [6.45, 7) is 1.86. The Labute approximate surface area is 166 Å². The molecule has 1 fully saturated rings. The maximum Gasteiger partial charge on any atom is 0.278 e. The number of nitrogens with one attached hydrogen (secondary N) is 2. The van der Waals surface area contributed by atoms with Crippen molar-refractivity contribution in [1.82, 2.24) is 20.9 Å². The van der Waals surface area contributed by atoms with Crippen LogP contribution in [0.1, 0.15) is 17.3 Å². The van der Waals surface area contributed by atoms with Gasteiger partial charge >= 0.3 is 0 Å². The van der Waals surface area contributed by atoms with E-state index in [1.807, 2.05) is 0 Å². The zero-order valence-corrected chi connectivity index (χ0v) is 16.3. The van der Waals surface area contributed by atoms with Crippen LogP contribution in [0.25, 0.3) is 0 Å². The first-order valence-corrected chi connectivity index (χ1v) is 8.86. The number of nitrogens with zero attached hydrogens (tertiary/aromatic N) is 2. The van der Waals surface area contributed by atoms with Crippen LogP contribution in [0.3, 0.4) is 0 Å². The second-order valence-corrected chi connectivity index (χ2v) is 6.19. The molecule has 2 heterocycles. The molecule has 0 aliphatic carbocycles. The molecule has 156 valence electrons. The molecule has 2 aromatic rings. The molecule has 0 saturated carbocycles. The van der Waals surface area contributed by atoms with Crippen molar-refractivity contribution in [3.8, 4) is 17.4 Å². The van der Waals surface area contributed by atoms with Gasteiger partial charge < -0.3 is 29.6 Å². The van der Waals surface area contributed by atoms with Crippen molar-refractivity contribution < 1.29 is 33.2 Å². The van der Waals surface area contributed by atoms with Crippen LogP contribution in [0.15, 0.2) is 22.8 Å². The predicted molar refractivity (Wildman–Crippen MR) is 97.7 cm³/mol. The van der Waals surface area contributed by atoms with Crippen molar-refractivity contribution >= 4 is 11.8 Å². The molecule has 1 saturated heterocycles. The summed E-state index contributed by atoms with van der Waals surface area (Å²) in [6, 6.07) is 4.46. The summed E-state index contributed by atoms with van der Waals surface area (Å²) in [7, 11) is 3.03. The average molecular weight is 406 g/mol. The molecular formula is C18H22N4O7. The fourth-order valence-electron chi connectivity index (χ4n) is 2.86. The number of morpholine rings is 1. The third kappa shape index (κ3) is 4.74. The zero-order chi connectivity index (χ0) is 20.8. The maximum atomic E-state index is 12.6. The lowest BCUT2D eigenvalue weighted by Crippen LogP contribution is -2.52. The molecule has 1 aromatic carbocycles. The first kappa shape index (κ1) is 20.4. The highest BCUT2D eigenvalue weighted by atomic mass is 16.6. The van der Waals surface area contributed by atoms with Crippen molar-refractivity contribution in [1.29, 1.82) is 0 Å². The largest absolute Gasteiger partial charge is 0.493 e. The Hall–Kier alpha value is -3.34. The van der Waals surface area contributed by atoms with Crippen molar-refractivity contribution in [3.63, 3.8) is 0 Å². The molecule has 1 aliphatic heterocycles. The Kier molecular flexibility index (Phi) is 6.50. The van der Waals surface area contributed by atoms with E-state index >= 15 is 0 Å². The van der Waals surface area contributed by atoms with Gasteiger partial charge in [0, 0.05) is 0 Å². The number of aryl methyl sites for hydroxylation is 1. The predicted octanol–water partition coefficient (Wildman–Crippen LogP) is 0.147. The van der Waals surface area contributed by atoms with E-state index in [2.05, 4.69) is 25.6 Å². The standard InChI is InChI=1S/C18H22N4O7/c1-10-18(22-29-21-10)27-7-6-19-17(24)16-15(20-14(23)9-28-16)11-4-5-12(25-2)13(8-11)26-3/h4-5,8,15-16H,6-7,9H2,1-3H3,(H,19,24)(H,20,23)/t15-,16+/m1/s1. The Bertz CT molecular complexity index is 870. The second kappa shape index (κ2) is 9.24. The summed E-state index contributed by atoms with van der Waals surface area (Å²) in [6.07, 6.45) is -0.916. The monoisotopic (exact) mass is 406 g/mol. The first-order valence-electron chi connectivity index (χ1n) is 8.86.